The van der Waals surface area contributed by atoms with Gasteiger partial charge in [0, 0.05) is 19.3 Å². The minimum Gasteiger partial charge on any atom is -0.459 e. The molecule has 1 saturated heterocycles. The Labute approximate surface area is 194 Å². The lowest BCUT2D eigenvalue weighted by molar-refractivity contribution is -0.870. The summed E-state index contributed by atoms with van der Waals surface area (Å²) in [6.07, 6.45) is 22.6. The molecule has 4 heteroatoms. The van der Waals surface area contributed by atoms with Crippen LogP contribution in [0.1, 0.15) is 122 Å². The van der Waals surface area contributed by atoms with Crippen LogP contribution in [0.15, 0.2) is 0 Å². The average Bonchev–Trinajstić information content (AvgIpc) is 3.15. The molecule has 0 aromatic heterocycles. The Morgan fingerprint density at radius 1 is 0.806 bits per heavy atom. The van der Waals surface area contributed by atoms with Crippen LogP contribution >= 0.6 is 0 Å². The summed E-state index contributed by atoms with van der Waals surface area (Å²) in [5.74, 6) is -0.0274. The molecule has 0 bridgehead atoms. The van der Waals surface area contributed by atoms with E-state index in [2.05, 4.69) is 28.1 Å². The van der Waals surface area contributed by atoms with Gasteiger partial charge < -0.3 is 14.0 Å². The van der Waals surface area contributed by atoms with Gasteiger partial charge >= 0.3 is 5.97 Å². The molecule has 1 rings (SSSR count). The van der Waals surface area contributed by atoms with E-state index in [0.717, 1.165) is 43.3 Å². The second kappa shape index (κ2) is 17.9. The molecular formula is C27H54NO3+. The molecule has 0 N–H and O–H groups in total. The summed E-state index contributed by atoms with van der Waals surface area (Å²) < 4.78 is 12.5. The van der Waals surface area contributed by atoms with Crippen molar-refractivity contribution < 1.29 is 18.8 Å². The standard InChI is InChI=1S/C27H54NO3/c1-5-6-7-8-9-10-11-12-13-14-15-16-17-18-19-20-27(29)31-26-22-24-30-25(26)21-23-28(2,3)4/h25-26H,5-24H2,1-4H3/q+1. The van der Waals surface area contributed by atoms with E-state index in [9.17, 15) is 4.79 Å². The van der Waals surface area contributed by atoms with E-state index >= 15 is 0 Å². The maximum atomic E-state index is 12.2. The lowest BCUT2D eigenvalue weighted by Crippen LogP contribution is -2.39. The van der Waals surface area contributed by atoms with Crippen molar-refractivity contribution in [2.24, 2.45) is 0 Å². The van der Waals surface area contributed by atoms with Crippen LogP contribution in [0.3, 0.4) is 0 Å². The molecule has 2 unspecified atom stereocenters. The fraction of sp³-hybridized carbons (Fsp3) is 0.963. The molecule has 1 fully saturated rings. The number of nitrogens with zero attached hydrogens (tertiary/aromatic N) is 1. The molecule has 2 atom stereocenters. The van der Waals surface area contributed by atoms with Crippen LogP contribution in [0.2, 0.25) is 0 Å². The summed E-state index contributed by atoms with van der Waals surface area (Å²) in [6.45, 7) is 4.04. The van der Waals surface area contributed by atoms with E-state index in [4.69, 9.17) is 9.47 Å². The molecule has 0 spiro atoms. The molecule has 0 amide bonds. The fourth-order valence-electron chi connectivity index (χ4n) is 4.42. The summed E-state index contributed by atoms with van der Waals surface area (Å²) in [5.41, 5.74) is 0. The lowest BCUT2D eigenvalue weighted by atomic mass is 10.0. The molecule has 0 aromatic carbocycles. The molecular weight excluding hydrogens is 386 g/mol. The van der Waals surface area contributed by atoms with Gasteiger partial charge in [0.15, 0.2) is 0 Å². The van der Waals surface area contributed by atoms with E-state index < -0.39 is 0 Å². The van der Waals surface area contributed by atoms with Gasteiger partial charge in [-0.25, -0.2) is 0 Å². The first-order valence-corrected chi connectivity index (χ1v) is 13.5. The van der Waals surface area contributed by atoms with E-state index in [1.165, 1.54) is 83.5 Å². The second-order valence-corrected chi connectivity index (χ2v) is 10.7. The molecule has 0 saturated carbocycles. The molecule has 1 aliphatic heterocycles. The van der Waals surface area contributed by atoms with Crippen molar-refractivity contribution in [1.82, 2.24) is 0 Å². The van der Waals surface area contributed by atoms with Crippen LogP contribution in [0, 0.1) is 0 Å². The minimum atomic E-state index is -0.0320. The summed E-state index contributed by atoms with van der Waals surface area (Å²) in [7, 11) is 6.56. The highest BCUT2D eigenvalue weighted by Gasteiger charge is 2.32. The van der Waals surface area contributed by atoms with E-state index in [0.29, 0.717) is 6.42 Å². The summed E-state index contributed by atoms with van der Waals surface area (Å²) in [6, 6.07) is 0. The maximum absolute atomic E-state index is 12.2. The Kier molecular flexibility index (Phi) is 16.4. The Bertz CT molecular complexity index is 433. The van der Waals surface area contributed by atoms with Crippen LogP contribution in [-0.2, 0) is 14.3 Å². The molecule has 4 nitrogen and oxygen atoms in total. The number of unbranched alkanes of at least 4 members (excludes halogenated alkanes) is 14. The van der Waals surface area contributed by atoms with Crippen molar-refractivity contribution in [1.29, 1.82) is 0 Å². The predicted octanol–water partition coefficient (Wildman–Crippen LogP) is 7.04. The van der Waals surface area contributed by atoms with E-state index in [1.807, 2.05) is 0 Å². The molecule has 0 aromatic rings. The maximum Gasteiger partial charge on any atom is 0.306 e. The van der Waals surface area contributed by atoms with Crippen molar-refractivity contribution in [3.63, 3.8) is 0 Å². The van der Waals surface area contributed by atoms with Crippen molar-refractivity contribution in [3.05, 3.63) is 0 Å². The number of carbonyl (C=O) groups is 1. The van der Waals surface area contributed by atoms with Crippen LogP contribution in [0.5, 0.6) is 0 Å². The fourth-order valence-corrected chi connectivity index (χ4v) is 4.42. The largest absolute Gasteiger partial charge is 0.459 e. The number of rotatable bonds is 20. The Hall–Kier alpha value is -0.610. The van der Waals surface area contributed by atoms with Crippen molar-refractivity contribution >= 4 is 5.97 Å². The topological polar surface area (TPSA) is 35.5 Å². The molecule has 1 heterocycles. The summed E-state index contributed by atoms with van der Waals surface area (Å²) in [5, 5.41) is 0. The Morgan fingerprint density at radius 3 is 1.77 bits per heavy atom. The third-order valence-corrected chi connectivity index (χ3v) is 6.50. The highest BCUT2D eigenvalue weighted by atomic mass is 16.6. The zero-order valence-electron chi connectivity index (χ0n) is 21.5. The quantitative estimate of drug-likeness (QED) is 0.116. The summed E-state index contributed by atoms with van der Waals surface area (Å²) in [4.78, 5) is 12.2. The normalized spacial score (nSPS) is 19.1. The first-order valence-electron chi connectivity index (χ1n) is 13.5. The third-order valence-electron chi connectivity index (χ3n) is 6.50. The monoisotopic (exact) mass is 440 g/mol. The zero-order valence-corrected chi connectivity index (χ0v) is 21.5. The van der Waals surface area contributed by atoms with E-state index in [1.54, 1.807) is 0 Å². The number of ether oxygens (including phenoxy) is 2. The first kappa shape index (κ1) is 28.4. The lowest BCUT2D eigenvalue weighted by Gasteiger charge is -2.27. The number of quaternary nitrogens is 1. The van der Waals surface area contributed by atoms with Crippen LogP contribution < -0.4 is 0 Å². The van der Waals surface area contributed by atoms with E-state index in [-0.39, 0.29) is 18.2 Å². The highest BCUT2D eigenvalue weighted by molar-refractivity contribution is 5.69. The molecule has 1 aliphatic rings. The zero-order chi connectivity index (χ0) is 22.8. The van der Waals surface area contributed by atoms with Gasteiger partial charge in [0.05, 0.1) is 40.4 Å². The second-order valence-electron chi connectivity index (χ2n) is 10.7. The average molecular weight is 441 g/mol. The van der Waals surface area contributed by atoms with Gasteiger partial charge in [-0.1, -0.05) is 96.8 Å². The van der Waals surface area contributed by atoms with Crippen molar-refractivity contribution in [2.45, 2.75) is 135 Å². The third kappa shape index (κ3) is 16.7. The van der Waals surface area contributed by atoms with Gasteiger partial charge in [0.1, 0.15) is 6.10 Å². The smallest absolute Gasteiger partial charge is 0.306 e. The number of carbonyl (C=O) groups excluding carboxylic acids is 1. The number of hydrogen-bond donors (Lipinski definition) is 0. The van der Waals surface area contributed by atoms with Crippen molar-refractivity contribution in [3.8, 4) is 0 Å². The predicted molar refractivity (Wildman–Crippen MR) is 131 cm³/mol. The summed E-state index contributed by atoms with van der Waals surface area (Å²) >= 11 is 0. The van der Waals surface area contributed by atoms with Gasteiger partial charge in [0.2, 0.25) is 0 Å². The van der Waals surface area contributed by atoms with Crippen LogP contribution in [0.25, 0.3) is 0 Å². The van der Waals surface area contributed by atoms with Crippen LogP contribution in [0.4, 0.5) is 0 Å². The molecule has 0 radical (unpaired) electrons. The molecule has 0 aliphatic carbocycles. The van der Waals surface area contributed by atoms with Gasteiger partial charge in [-0.15, -0.1) is 0 Å². The SMILES string of the molecule is CCCCCCCCCCCCCCCCCC(=O)OC1CCOC1CC[N+](C)(C)C. The first-order chi connectivity index (χ1) is 14.9. The molecule has 184 valence electrons. The van der Waals surface area contributed by atoms with Gasteiger partial charge in [-0.3, -0.25) is 4.79 Å². The highest BCUT2D eigenvalue weighted by Crippen LogP contribution is 2.22. The van der Waals surface area contributed by atoms with Crippen molar-refractivity contribution in [2.75, 3.05) is 34.3 Å². The van der Waals surface area contributed by atoms with Gasteiger partial charge in [-0.2, -0.15) is 0 Å². The van der Waals surface area contributed by atoms with Crippen LogP contribution in [-0.4, -0.2) is 57.0 Å². The number of esters is 1. The Balaban J connectivity index is 1.89. The minimum absolute atomic E-state index is 0.0274. The number of hydrogen-bond acceptors (Lipinski definition) is 3. The Morgan fingerprint density at radius 2 is 1.29 bits per heavy atom. The molecule has 31 heavy (non-hydrogen) atoms. The van der Waals surface area contributed by atoms with Gasteiger partial charge in [0.25, 0.3) is 0 Å². The van der Waals surface area contributed by atoms with Gasteiger partial charge in [-0.05, 0) is 6.42 Å².